The quantitative estimate of drug-likeness (QED) is 0.591. The molecule has 1 aromatic carbocycles. The maximum absolute atomic E-state index is 10.5. The molecule has 0 aliphatic heterocycles. The number of aliphatic carboxylic acids is 1. The average molecular weight is 354 g/mol. The Kier molecular flexibility index (Phi) is 5.80. The highest BCUT2D eigenvalue weighted by molar-refractivity contribution is 5.85. The fraction of sp³-hybridized carbons (Fsp3) is 0.316. The third kappa shape index (κ3) is 5.29. The van der Waals surface area contributed by atoms with Crippen molar-refractivity contribution >= 4 is 29.5 Å². The molecule has 1 aliphatic rings. The van der Waals surface area contributed by atoms with Gasteiger partial charge in [0.05, 0.1) is 6.10 Å². The van der Waals surface area contributed by atoms with E-state index in [1.54, 1.807) is 6.20 Å². The Bertz CT molecular complexity index is 769. The summed E-state index contributed by atoms with van der Waals surface area (Å²) in [6, 6.07) is 9.47. The molecular formula is C19H22N4O3. The van der Waals surface area contributed by atoms with Gasteiger partial charge in [-0.3, -0.25) is 0 Å². The Labute approximate surface area is 151 Å². The highest BCUT2D eigenvalue weighted by Gasteiger charge is 2.19. The van der Waals surface area contributed by atoms with Crippen molar-refractivity contribution in [1.82, 2.24) is 9.97 Å². The molecular weight excluding hydrogens is 332 g/mol. The summed E-state index contributed by atoms with van der Waals surface area (Å²) in [4.78, 5) is 19.2. The number of aliphatic hydroxyl groups is 1. The van der Waals surface area contributed by atoms with Gasteiger partial charge in [0, 0.05) is 24.0 Å². The van der Waals surface area contributed by atoms with Crippen molar-refractivity contribution in [2.45, 2.75) is 37.8 Å². The molecule has 0 saturated heterocycles. The minimum atomic E-state index is -0.975. The second-order valence-electron chi connectivity index (χ2n) is 6.33. The smallest absolute Gasteiger partial charge is 0.328 e. The summed E-state index contributed by atoms with van der Waals surface area (Å²) in [5, 5.41) is 24.8. The van der Waals surface area contributed by atoms with Gasteiger partial charge in [-0.05, 0) is 55.5 Å². The second-order valence-corrected chi connectivity index (χ2v) is 6.33. The van der Waals surface area contributed by atoms with Gasteiger partial charge < -0.3 is 20.8 Å². The van der Waals surface area contributed by atoms with Gasteiger partial charge in [0.1, 0.15) is 5.82 Å². The van der Waals surface area contributed by atoms with Gasteiger partial charge in [-0.15, -0.1) is 0 Å². The van der Waals surface area contributed by atoms with E-state index < -0.39 is 5.97 Å². The van der Waals surface area contributed by atoms with Gasteiger partial charge in [0.25, 0.3) is 0 Å². The first-order valence-electron chi connectivity index (χ1n) is 8.64. The molecule has 1 fully saturated rings. The van der Waals surface area contributed by atoms with Gasteiger partial charge in [-0.25, -0.2) is 9.78 Å². The van der Waals surface area contributed by atoms with E-state index >= 15 is 0 Å². The van der Waals surface area contributed by atoms with Crippen molar-refractivity contribution in [3.63, 3.8) is 0 Å². The lowest BCUT2D eigenvalue weighted by Crippen LogP contribution is -2.28. The molecule has 136 valence electrons. The van der Waals surface area contributed by atoms with Crippen molar-refractivity contribution in [3.8, 4) is 0 Å². The van der Waals surface area contributed by atoms with E-state index in [0.29, 0.717) is 12.0 Å². The van der Waals surface area contributed by atoms with Crippen LogP contribution in [0, 0.1) is 0 Å². The van der Waals surface area contributed by atoms with E-state index in [2.05, 4.69) is 20.6 Å². The highest BCUT2D eigenvalue weighted by atomic mass is 16.4. The number of rotatable bonds is 6. The normalized spacial score (nSPS) is 20.0. The molecule has 0 unspecified atom stereocenters. The van der Waals surface area contributed by atoms with Crippen molar-refractivity contribution in [2.75, 3.05) is 10.6 Å². The van der Waals surface area contributed by atoms with E-state index in [9.17, 15) is 9.90 Å². The van der Waals surface area contributed by atoms with Crippen LogP contribution in [0.15, 0.2) is 42.6 Å². The van der Waals surface area contributed by atoms with E-state index in [4.69, 9.17) is 5.11 Å². The van der Waals surface area contributed by atoms with Gasteiger partial charge in [-0.1, -0.05) is 12.1 Å². The number of aromatic nitrogens is 2. The number of nitrogens with one attached hydrogen (secondary N) is 2. The number of hydrogen-bond donors (Lipinski definition) is 4. The zero-order chi connectivity index (χ0) is 18.4. The molecule has 1 aromatic heterocycles. The van der Waals surface area contributed by atoms with Crippen molar-refractivity contribution in [2.24, 2.45) is 0 Å². The number of carboxylic acids is 1. The minimum absolute atomic E-state index is 0.177. The first-order chi connectivity index (χ1) is 12.6. The Morgan fingerprint density at radius 1 is 1.12 bits per heavy atom. The number of nitrogens with zero attached hydrogens (tertiary/aromatic N) is 2. The first kappa shape index (κ1) is 17.9. The Morgan fingerprint density at radius 2 is 1.85 bits per heavy atom. The standard InChI is InChI=1S/C19H22N4O3/c24-16-8-6-14(7-9-16)21-17-11-12-20-19(23-17)22-15-4-1-13(2-5-15)3-10-18(25)26/h1-5,10-12,14,16,24H,6-9H2,(H,25,26)(H2,20,21,22,23). The van der Waals surface area contributed by atoms with Gasteiger partial charge in [0.2, 0.25) is 5.95 Å². The molecule has 7 nitrogen and oxygen atoms in total. The molecule has 1 aliphatic carbocycles. The third-order valence-corrected chi connectivity index (χ3v) is 4.29. The number of benzene rings is 1. The lowest BCUT2D eigenvalue weighted by molar-refractivity contribution is -0.131. The van der Waals surface area contributed by atoms with Crippen LogP contribution in [0.5, 0.6) is 0 Å². The molecule has 2 aromatic rings. The van der Waals surface area contributed by atoms with E-state index in [-0.39, 0.29) is 6.10 Å². The van der Waals surface area contributed by atoms with Gasteiger partial charge >= 0.3 is 5.97 Å². The molecule has 0 amide bonds. The molecule has 0 bridgehead atoms. The number of carbonyl (C=O) groups is 1. The lowest BCUT2D eigenvalue weighted by atomic mass is 9.93. The summed E-state index contributed by atoms with van der Waals surface area (Å²) in [5.41, 5.74) is 1.61. The zero-order valence-electron chi connectivity index (χ0n) is 14.3. The Morgan fingerprint density at radius 3 is 2.54 bits per heavy atom. The van der Waals surface area contributed by atoms with E-state index in [1.807, 2.05) is 30.3 Å². The van der Waals surface area contributed by atoms with Crippen LogP contribution in [0.2, 0.25) is 0 Å². The molecule has 0 radical (unpaired) electrons. The summed E-state index contributed by atoms with van der Waals surface area (Å²) in [6.07, 6.45) is 7.65. The van der Waals surface area contributed by atoms with Gasteiger partial charge in [0.15, 0.2) is 0 Å². The molecule has 3 rings (SSSR count). The fourth-order valence-corrected chi connectivity index (χ4v) is 2.90. The SMILES string of the molecule is O=C(O)C=Cc1ccc(Nc2nccc(NC3CCC(O)CC3)n2)cc1. The summed E-state index contributed by atoms with van der Waals surface area (Å²) in [5.74, 6) is 0.266. The van der Waals surface area contributed by atoms with Crippen molar-refractivity contribution in [1.29, 1.82) is 0 Å². The zero-order valence-corrected chi connectivity index (χ0v) is 14.3. The maximum atomic E-state index is 10.5. The average Bonchev–Trinajstić information content (AvgIpc) is 2.63. The number of carboxylic acid groups (broad SMARTS) is 1. The minimum Gasteiger partial charge on any atom is -0.478 e. The van der Waals surface area contributed by atoms with Crippen LogP contribution in [-0.2, 0) is 4.79 Å². The highest BCUT2D eigenvalue weighted by Crippen LogP contribution is 2.22. The topological polar surface area (TPSA) is 107 Å². The lowest BCUT2D eigenvalue weighted by Gasteiger charge is -2.26. The summed E-state index contributed by atoms with van der Waals surface area (Å²) < 4.78 is 0. The van der Waals surface area contributed by atoms with Crippen LogP contribution in [0.25, 0.3) is 6.08 Å². The van der Waals surface area contributed by atoms with Crippen LogP contribution >= 0.6 is 0 Å². The van der Waals surface area contributed by atoms with Crippen LogP contribution < -0.4 is 10.6 Å². The van der Waals surface area contributed by atoms with Crippen molar-refractivity contribution < 1.29 is 15.0 Å². The Hall–Kier alpha value is -2.93. The molecule has 26 heavy (non-hydrogen) atoms. The van der Waals surface area contributed by atoms with E-state index in [0.717, 1.165) is 48.8 Å². The summed E-state index contributed by atoms with van der Waals surface area (Å²) in [7, 11) is 0. The monoisotopic (exact) mass is 354 g/mol. The van der Waals surface area contributed by atoms with Crippen LogP contribution in [0.3, 0.4) is 0 Å². The Balaban J connectivity index is 1.60. The van der Waals surface area contributed by atoms with E-state index in [1.165, 1.54) is 6.08 Å². The second kappa shape index (κ2) is 8.44. The number of aliphatic hydroxyl groups excluding tert-OH is 1. The molecule has 1 heterocycles. The molecule has 1 saturated carbocycles. The van der Waals surface area contributed by atoms with Crippen molar-refractivity contribution in [3.05, 3.63) is 48.2 Å². The predicted molar refractivity (Wildman–Crippen MR) is 100 cm³/mol. The largest absolute Gasteiger partial charge is 0.478 e. The third-order valence-electron chi connectivity index (χ3n) is 4.29. The van der Waals surface area contributed by atoms with Crippen LogP contribution in [-0.4, -0.2) is 38.3 Å². The number of hydrogen-bond acceptors (Lipinski definition) is 6. The van der Waals surface area contributed by atoms with Crippen LogP contribution in [0.1, 0.15) is 31.2 Å². The summed E-state index contributed by atoms with van der Waals surface area (Å²) >= 11 is 0. The molecule has 4 N–H and O–H groups in total. The summed E-state index contributed by atoms with van der Waals surface area (Å²) in [6.45, 7) is 0. The van der Waals surface area contributed by atoms with Crippen LogP contribution in [0.4, 0.5) is 17.5 Å². The predicted octanol–water partition coefficient (Wildman–Crippen LogP) is 3.03. The maximum Gasteiger partial charge on any atom is 0.328 e. The first-order valence-corrected chi connectivity index (χ1v) is 8.64. The molecule has 0 atom stereocenters. The molecule has 7 heteroatoms. The number of anilines is 3. The fourth-order valence-electron chi connectivity index (χ4n) is 2.90. The molecule has 0 spiro atoms. The van der Waals surface area contributed by atoms with Gasteiger partial charge in [-0.2, -0.15) is 4.98 Å².